The van der Waals surface area contributed by atoms with E-state index in [-0.39, 0.29) is 0 Å². The van der Waals surface area contributed by atoms with Gasteiger partial charge in [0.25, 0.3) is 0 Å². The van der Waals surface area contributed by atoms with Gasteiger partial charge in [0, 0.05) is 0 Å². The van der Waals surface area contributed by atoms with Crippen molar-refractivity contribution in [1.29, 1.82) is 0 Å². The lowest BCUT2D eigenvalue weighted by Crippen LogP contribution is -2.03. The number of nitrogens with two attached hydrogens (primary N) is 2. The minimum Gasteiger partial charge on any atom is -0.465 e. The monoisotopic (exact) mass is 206 g/mol. The Balaban J connectivity index is 0. The molecule has 6 nitrogen and oxygen atoms in total. The maximum absolute atomic E-state index is 8.78. The summed E-state index contributed by atoms with van der Waals surface area (Å²) in [5.74, 6) is 0. The van der Waals surface area contributed by atoms with Crippen LogP contribution in [-0.4, -0.2) is 22.4 Å². The summed E-state index contributed by atoms with van der Waals surface area (Å²) in [6, 6.07) is 4.04. The van der Waals surface area contributed by atoms with Gasteiger partial charge in [0.15, 0.2) is 0 Å². The molecular formula is C6H10N2O4S. The van der Waals surface area contributed by atoms with E-state index in [2.05, 4.69) is 11.5 Å². The third-order valence-corrected chi connectivity index (χ3v) is 1.05. The van der Waals surface area contributed by atoms with Gasteiger partial charge < -0.3 is 21.7 Å². The summed E-state index contributed by atoms with van der Waals surface area (Å²) in [6.07, 6.45) is -2.67. The average molecular weight is 206 g/mol. The van der Waals surface area contributed by atoms with Gasteiger partial charge in [-0.1, -0.05) is 12.1 Å². The van der Waals surface area contributed by atoms with Crippen LogP contribution in [0.4, 0.5) is 9.59 Å². The Bertz CT molecular complexity index is 187. The molecule has 0 aliphatic rings. The molecule has 74 valence electrons. The molecule has 0 unspecified atom stereocenters. The van der Waals surface area contributed by atoms with Crippen LogP contribution in [0.15, 0.2) is 22.9 Å². The summed E-state index contributed by atoms with van der Waals surface area (Å²) >= 11 is 1.71. The first-order valence-corrected chi connectivity index (χ1v) is 3.85. The Morgan fingerprint density at radius 3 is 1.31 bits per heavy atom. The molecule has 13 heavy (non-hydrogen) atoms. The van der Waals surface area contributed by atoms with Crippen LogP contribution in [0.2, 0.25) is 0 Å². The van der Waals surface area contributed by atoms with Crippen molar-refractivity contribution in [3.63, 3.8) is 0 Å². The number of thiophene rings is 1. The first-order valence-electron chi connectivity index (χ1n) is 2.90. The number of hydrogen-bond acceptors (Lipinski definition) is 3. The molecule has 6 N–H and O–H groups in total. The lowest BCUT2D eigenvalue weighted by Gasteiger charge is -1.61. The fourth-order valence-electron chi connectivity index (χ4n) is 0.227. The number of hydrogen-bond donors (Lipinski definition) is 4. The van der Waals surface area contributed by atoms with Crippen LogP contribution in [0.3, 0.4) is 0 Å². The fourth-order valence-corrected chi connectivity index (χ4v) is 0.680. The summed E-state index contributed by atoms with van der Waals surface area (Å²) in [5, 5.41) is 18.5. The van der Waals surface area contributed by atoms with Crippen LogP contribution < -0.4 is 11.5 Å². The van der Waals surface area contributed by atoms with Gasteiger partial charge in [-0.3, -0.25) is 0 Å². The van der Waals surface area contributed by atoms with Crippen molar-refractivity contribution < 1.29 is 19.8 Å². The first-order chi connectivity index (χ1) is 5.96. The van der Waals surface area contributed by atoms with Gasteiger partial charge in [-0.05, 0) is 10.8 Å². The topological polar surface area (TPSA) is 127 Å². The second-order valence-corrected chi connectivity index (χ2v) is 2.29. The van der Waals surface area contributed by atoms with Gasteiger partial charge in [0.05, 0.1) is 0 Å². The maximum Gasteiger partial charge on any atom is 0.402 e. The van der Waals surface area contributed by atoms with E-state index in [1.165, 1.54) is 0 Å². The zero-order valence-electron chi connectivity index (χ0n) is 6.58. The molecule has 0 aliphatic carbocycles. The largest absolute Gasteiger partial charge is 0.465 e. The SMILES string of the molecule is NC(=O)O.NC(=O)O.c1ccsc1. The van der Waals surface area contributed by atoms with E-state index in [1.54, 1.807) is 11.3 Å². The lowest BCUT2D eigenvalue weighted by molar-refractivity contribution is 0.204. The number of primary amides is 2. The van der Waals surface area contributed by atoms with Crippen LogP contribution in [-0.2, 0) is 0 Å². The molecule has 0 bridgehead atoms. The fraction of sp³-hybridized carbons (Fsp3) is 0. The number of carbonyl (C=O) groups is 2. The molecule has 2 amide bonds. The Morgan fingerprint density at radius 2 is 1.23 bits per heavy atom. The van der Waals surface area contributed by atoms with Crippen molar-refractivity contribution in [3.8, 4) is 0 Å². The molecule has 0 saturated carbocycles. The summed E-state index contributed by atoms with van der Waals surface area (Å²) < 4.78 is 0. The zero-order valence-corrected chi connectivity index (χ0v) is 7.40. The van der Waals surface area contributed by atoms with E-state index in [9.17, 15) is 0 Å². The Hall–Kier alpha value is -1.76. The van der Waals surface area contributed by atoms with Gasteiger partial charge in [-0.15, -0.1) is 0 Å². The molecule has 0 saturated heterocycles. The Labute approximate surface area is 78.4 Å². The van der Waals surface area contributed by atoms with Crippen LogP contribution in [0.1, 0.15) is 0 Å². The highest BCUT2D eigenvalue weighted by Gasteiger charge is 1.65. The molecule has 0 spiro atoms. The average Bonchev–Trinajstić information content (AvgIpc) is 2.35. The Kier molecular flexibility index (Phi) is 10.9. The third-order valence-electron chi connectivity index (χ3n) is 0.425. The van der Waals surface area contributed by atoms with Crippen molar-refractivity contribution in [2.75, 3.05) is 0 Å². The van der Waals surface area contributed by atoms with Crippen molar-refractivity contribution >= 4 is 23.5 Å². The van der Waals surface area contributed by atoms with Crippen LogP contribution in [0.25, 0.3) is 0 Å². The normalized spacial score (nSPS) is 6.77. The predicted octanol–water partition coefficient (Wildman–Crippen LogP) is 0.994. The highest BCUT2D eigenvalue weighted by atomic mass is 32.1. The predicted molar refractivity (Wildman–Crippen MR) is 48.7 cm³/mol. The highest BCUT2D eigenvalue weighted by molar-refractivity contribution is 7.07. The summed E-state index contributed by atoms with van der Waals surface area (Å²) in [6.45, 7) is 0. The second-order valence-electron chi connectivity index (χ2n) is 1.47. The Morgan fingerprint density at radius 1 is 1.00 bits per heavy atom. The second kappa shape index (κ2) is 10.2. The van der Waals surface area contributed by atoms with Crippen LogP contribution in [0.5, 0.6) is 0 Å². The van der Waals surface area contributed by atoms with E-state index < -0.39 is 12.2 Å². The molecule has 1 heterocycles. The zero-order chi connectivity index (χ0) is 10.7. The highest BCUT2D eigenvalue weighted by Crippen LogP contribution is 1.91. The minimum atomic E-state index is -1.33. The first kappa shape index (κ1) is 13.8. The third kappa shape index (κ3) is 66.2. The van der Waals surface area contributed by atoms with Crippen molar-refractivity contribution in [1.82, 2.24) is 0 Å². The molecule has 0 atom stereocenters. The van der Waals surface area contributed by atoms with E-state index in [0.29, 0.717) is 0 Å². The van der Waals surface area contributed by atoms with E-state index in [0.717, 1.165) is 0 Å². The molecule has 7 heteroatoms. The number of carboxylic acid groups (broad SMARTS) is 2. The van der Waals surface area contributed by atoms with E-state index in [1.807, 2.05) is 22.9 Å². The summed E-state index contributed by atoms with van der Waals surface area (Å²) in [4.78, 5) is 17.6. The molecule has 0 aliphatic heterocycles. The minimum absolute atomic E-state index is 1.33. The summed E-state index contributed by atoms with van der Waals surface area (Å²) in [5.41, 5.74) is 8.06. The quantitative estimate of drug-likeness (QED) is 0.504. The molecule has 0 fully saturated rings. The molecule has 1 rings (SSSR count). The van der Waals surface area contributed by atoms with Gasteiger partial charge in [0.1, 0.15) is 0 Å². The molecule has 0 aromatic carbocycles. The van der Waals surface area contributed by atoms with E-state index in [4.69, 9.17) is 19.8 Å². The van der Waals surface area contributed by atoms with Gasteiger partial charge in [0.2, 0.25) is 0 Å². The van der Waals surface area contributed by atoms with Crippen molar-refractivity contribution in [3.05, 3.63) is 22.9 Å². The van der Waals surface area contributed by atoms with Gasteiger partial charge in [-0.2, -0.15) is 11.3 Å². The van der Waals surface area contributed by atoms with E-state index >= 15 is 0 Å². The van der Waals surface area contributed by atoms with Gasteiger partial charge in [-0.25, -0.2) is 9.59 Å². The van der Waals surface area contributed by atoms with Crippen molar-refractivity contribution in [2.45, 2.75) is 0 Å². The summed E-state index contributed by atoms with van der Waals surface area (Å²) in [7, 11) is 0. The molecular weight excluding hydrogens is 196 g/mol. The maximum atomic E-state index is 8.78. The smallest absolute Gasteiger partial charge is 0.402 e. The molecule has 1 aromatic heterocycles. The molecule has 0 radical (unpaired) electrons. The number of rotatable bonds is 0. The number of amides is 2. The standard InChI is InChI=1S/C4H4S.2CH3NO2/c1-2-4-5-3-1;2*2-1(3)4/h1-4H;2*2H2,(H,3,4). The van der Waals surface area contributed by atoms with Crippen LogP contribution >= 0.6 is 11.3 Å². The molecule has 1 aromatic rings. The lowest BCUT2D eigenvalue weighted by atomic mass is 10.7. The van der Waals surface area contributed by atoms with Crippen LogP contribution in [0, 0.1) is 0 Å². The van der Waals surface area contributed by atoms with Crippen molar-refractivity contribution in [2.24, 2.45) is 11.5 Å². The van der Waals surface area contributed by atoms with Gasteiger partial charge >= 0.3 is 12.2 Å².